The minimum absolute atomic E-state index is 0.121. The van der Waals surface area contributed by atoms with Crippen LogP contribution >= 0.6 is 11.6 Å². The summed E-state index contributed by atoms with van der Waals surface area (Å²) in [6.45, 7) is 3.85. The Morgan fingerprint density at radius 2 is 1.97 bits per heavy atom. The van der Waals surface area contributed by atoms with E-state index in [0.717, 1.165) is 17.7 Å². The molecule has 3 rings (SSSR count). The molecule has 7 heteroatoms. The van der Waals surface area contributed by atoms with Gasteiger partial charge in [-0.15, -0.1) is 0 Å². The predicted molar refractivity (Wildman–Crippen MR) is 108 cm³/mol. The van der Waals surface area contributed by atoms with E-state index in [4.69, 9.17) is 16.0 Å². The Morgan fingerprint density at radius 1 is 1.21 bits per heavy atom. The van der Waals surface area contributed by atoms with Gasteiger partial charge in [0, 0.05) is 29.5 Å². The minimum atomic E-state index is -0.730. The molecular weight excluding hydrogens is 398 g/mol. The topological polar surface area (TPSA) is 55.1 Å². The molecule has 0 radical (unpaired) electrons. The van der Waals surface area contributed by atoms with Crippen molar-refractivity contribution >= 4 is 17.5 Å². The molecule has 1 heterocycles. The zero-order valence-corrected chi connectivity index (χ0v) is 16.9. The number of nitrogens with zero attached hydrogens (tertiary/aromatic N) is 1. The van der Waals surface area contributed by atoms with E-state index in [9.17, 15) is 13.6 Å². The van der Waals surface area contributed by atoms with Gasteiger partial charge in [-0.1, -0.05) is 29.8 Å². The van der Waals surface area contributed by atoms with Crippen molar-refractivity contribution in [3.05, 3.63) is 76.8 Å². The highest BCUT2D eigenvalue weighted by Crippen LogP contribution is 2.25. The first-order valence-electron chi connectivity index (χ1n) is 9.18. The highest BCUT2D eigenvalue weighted by Gasteiger charge is 2.22. The van der Waals surface area contributed by atoms with Crippen molar-refractivity contribution in [1.29, 1.82) is 0 Å². The van der Waals surface area contributed by atoms with Crippen molar-refractivity contribution in [2.24, 2.45) is 0 Å². The van der Waals surface area contributed by atoms with Crippen LogP contribution in [-0.4, -0.2) is 16.4 Å². The number of nitrogens with one attached hydrogen (secondary N) is 1. The second kappa shape index (κ2) is 8.74. The summed E-state index contributed by atoms with van der Waals surface area (Å²) in [7, 11) is 0. The molecule has 0 saturated heterocycles. The maximum atomic E-state index is 13.9. The summed E-state index contributed by atoms with van der Waals surface area (Å²) >= 11 is 6.20. The molecule has 2 aromatic carbocycles. The van der Waals surface area contributed by atoms with Gasteiger partial charge in [0.1, 0.15) is 11.6 Å². The molecule has 4 nitrogen and oxygen atoms in total. The van der Waals surface area contributed by atoms with Gasteiger partial charge < -0.3 is 9.73 Å². The Hall–Kier alpha value is -2.73. The van der Waals surface area contributed by atoms with Crippen molar-refractivity contribution in [3.63, 3.8) is 0 Å². The standard InChI is InChI=1S/C22H21ClF2N2O2/c1-22(2,12-14-5-3-4-6-17(14)23)27-20(28)9-10-21-26-13-19(29-21)16-8-7-15(24)11-18(16)25/h3-8,11,13H,9-10,12H2,1-2H3,(H,27,28). The largest absolute Gasteiger partial charge is 0.441 e. The smallest absolute Gasteiger partial charge is 0.220 e. The third kappa shape index (κ3) is 5.64. The number of oxazole rings is 1. The number of aryl methyl sites for hydroxylation is 1. The van der Waals surface area contributed by atoms with E-state index in [1.165, 1.54) is 12.3 Å². The fourth-order valence-electron chi connectivity index (χ4n) is 3.06. The number of benzene rings is 2. The Balaban J connectivity index is 1.57. The molecule has 0 spiro atoms. The molecule has 0 aliphatic rings. The van der Waals surface area contributed by atoms with Gasteiger partial charge in [0.15, 0.2) is 11.7 Å². The maximum Gasteiger partial charge on any atom is 0.220 e. The summed E-state index contributed by atoms with van der Waals surface area (Å²) in [5, 5.41) is 3.65. The average molecular weight is 419 g/mol. The fraction of sp³-hybridized carbons (Fsp3) is 0.273. The van der Waals surface area contributed by atoms with Gasteiger partial charge in [0.2, 0.25) is 5.91 Å². The second-order valence-corrected chi connectivity index (χ2v) is 7.85. The van der Waals surface area contributed by atoms with Gasteiger partial charge in [-0.05, 0) is 44.0 Å². The number of rotatable bonds is 7. The molecule has 0 fully saturated rings. The molecule has 1 aromatic heterocycles. The normalized spacial score (nSPS) is 11.5. The van der Waals surface area contributed by atoms with Gasteiger partial charge in [0.25, 0.3) is 0 Å². The molecule has 0 saturated carbocycles. The van der Waals surface area contributed by atoms with E-state index in [2.05, 4.69) is 10.3 Å². The van der Waals surface area contributed by atoms with Crippen molar-refractivity contribution in [2.75, 3.05) is 0 Å². The predicted octanol–water partition coefficient (Wildman–Crippen LogP) is 5.34. The quantitative estimate of drug-likeness (QED) is 0.563. The van der Waals surface area contributed by atoms with Crippen LogP contribution in [0.3, 0.4) is 0 Å². The van der Waals surface area contributed by atoms with Gasteiger partial charge in [0.05, 0.1) is 11.8 Å². The molecule has 152 valence electrons. The Bertz CT molecular complexity index is 1020. The van der Waals surface area contributed by atoms with Crippen LogP contribution in [0.2, 0.25) is 5.02 Å². The number of carbonyl (C=O) groups excluding carboxylic acids is 1. The first-order valence-corrected chi connectivity index (χ1v) is 9.56. The fourth-order valence-corrected chi connectivity index (χ4v) is 3.26. The molecule has 1 N–H and O–H groups in total. The Kier molecular flexibility index (Phi) is 6.33. The van der Waals surface area contributed by atoms with Crippen LogP contribution in [0.4, 0.5) is 8.78 Å². The second-order valence-electron chi connectivity index (χ2n) is 7.44. The van der Waals surface area contributed by atoms with E-state index in [-0.39, 0.29) is 30.1 Å². The molecule has 0 bridgehead atoms. The van der Waals surface area contributed by atoms with Gasteiger partial charge in [-0.2, -0.15) is 0 Å². The molecule has 0 unspecified atom stereocenters. The first-order chi connectivity index (χ1) is 13.7. The lowest BCUT2D eigenvalue weighted by atomic mass is 9.94. The summed E-state index contributed by atoms with van der Waals surface area (Å²) in [5.41, 5.74) is 0.592. The summed E-state index contributed by atoms with van der Waals surface area (Å²) in [6, 6.07) is 10.7. The lowest BCUT2D eigenvalue weighted by Crippen LogP contribution is -2.45. The molecule has 0 atom stereocenters. The zero-order chi connectivity index (χ0) is 21.0. The third-order valence-electron chi connectivity index (χ3n) is 4.38. The Morgan fingerprint density at radius 3 is 2.69 bits per heavy atom. The van der Waals surface area contributed by atoms with Crippen LogP contribution in [0, 0.1) is 11.6 Å². The third-order valence-corrected chi connectivity index (χ3v) is 4.75. The van der Waals surface area contributed by atoms with Gasteiger partial charge in [-0.25, -0.2) is 13.8 Å². The number of halogens is 3. The van der Waals surface area contributed by atoms with E-state index >= 15 is 0 Å². The molecule has 0 aliphatic heterocycles. The maximum absolute atomic E-state index is 13.9. The summed E-state index contributed by atoms with van der Waals surface area (Å²) in [6.07, 6.45) is 2.38. The van der Waals surface area contributed by atoms with Crippen LogP contribution in [0.1, 0.15) is 31.7 Å². The average Bonchev–Trinajstić information content (AvgIpc) is 3.10. The highest BCUT2D eigenvalue weighted by atomic mass is 35.5. The van der Waals surface area contributed by atoms with Gasteiger partial charge in [-0.3, -0.25) is 4.79 Å². The molecule has 0 aliphatic carbocycles. The minimum Gasteiger partial charge on any atom is -0.441 e. The first kappa shape index (κ1) is 21.0. The zero-order valence-electron chi connectivity index (χ0n) is 16.1. The molecular formula is C22H21ClF2N2O2. The van der Waals surface area contributed by atoms with Crippen LogP contribution in [-0.2, 0) is 17.6 Å². The summed E-state index contributed by atoms with van der Waals surface area (Å²) in [5.74, 6) is -1.05. The van der Waals surface area contributed by atoms with Crippen LogP contribution in [0.25, 0.3) is 11.3 Å². The lowest BCUT2D eigenvalue weighted by molar-refractivity contribution is -0.122. The highest BCUT2D eigenvalue weighted by molar-refractivity contribution is 6.31. The number of carbonyl (C=O) groups is 1. The summed E-state index contributed by atoms with van der Waals surface area (Å²) in [4.78, 5) is 16.4. The van der Waals surface area contributed by atoms with E-state index in [1.54, 1.807) is 0 Å². The van der Waals surface area contributed by atoms with E-state index in [0.29, 0.717) is 17.3 Å². The number of aromatic nitrogens is 1. The Labute approximate surface area is 172 Å². The molecule has 3 aromatic rings. The number of hydrogen-bond acceptors (Lipinski definition) is 3. The monoisotopic (exact) mass is 418 g/mol. The summed E-state index contributed by atoms with van der Waals surface area (Å²) < 4.78 is 32.4. The van der Waals surface area contributed by atoms with Crippen LogP contribution < -0.4 is 5.32 Å². The van der Waals surface area contributed by atoms with Crippen LogP contribution in [0.15, 0.2) is 53.1 Å². The number of hydrogen-bond donors (Lipinski definition) is 1. The van der Waals surface area contributed by atoms with Crippen molar-refractivity contribution < 1.29 is 18.0 Å². The SMILES string of the molecule is CC(C)(Cc1ccccc1Cl)NC(=O)CCc1ncc(-c2ccc(F)cc2F)o1. The van der Waals surface area contributed by atoms with Crippen LogP contribution in [0.5, 0.6) is 0 Å². The molecule has 29 heavy (non-hydrogen) atoms. The molecule has 1 amide bonds. The van der Waals surface area contributed by atoms with Crippen molar-refractivity contribution in [3.8, 4) is 11.3 Å². The van der Waals surface area contributed by atoms with Crippen molar-refractivity contribution in [1.82, 2.24) is 10.3 Å². The van der Waals surface area contributed by atoms with E-state index < -0.39 is 17.2 Å². The number of amides is 1. The van der Waals surface area contributed by atoms with Crippen molar-refractivity contribution in [2.45, 2.75) is 38.6 Å². The van der Waals surface area contributed by atoms with Gasteiger partial charge >= 0.3 is 0 Å². The lowest BCUT2D eigenvalue weighted by Gasteiger charge is -2.27. The van der Waals surface area contributed by atoms with E-state index in [1.807, 2.05) is 38.1 Å².